The Morgan fingerprint density at radius 2 is 1.94 bits per heavy atom. The molecule has 5 rings (SSSR count). The van der Waals surface area contributed by atoms with E-state index in [0.717, 1.165) is 74.4 Å². The van der Waals surface area contributed by atoms with Crippen molar-refractivity contribution in [2.24, 2.45) is 11.8 Å². The van der Waals surface area contributed by atoms with E-state index in [1.165, 1.54) is 16.2 Å². The van der Waals surface area contributed by atoms with Gasteiger partial charge in [0.25, 0.3) is 0 Å². The van der Waals surface area contributed by atoms with Crippen LogP contribution in [-0.2, 0) is 24.2 Å². The third-order valence-electron chi connectivity index (χ3n) is 8.06. The number of anilines is 1. The molecule has 1 atom stereocenters. The molecule has 0 N–H and O–H groups in total. The van der Waals surface area contributed by atoms with Crippen LogP contribution in [0.3, 0.4) is 0 Å². The molecule has 0 bridgehead atoms. The van der Waals surface area contributed by atoms with Gasteiger partial charge in [0, 0.05) is 37.0 Å². The van der Waals surface area contributed by atoms with Crippen LogP contribution >= 0.6 is 11.3 Å². The number of Topliss-reactive ketones (excluding diaryl/α,β-unsaturated/α-hetero) is 1. The van der Waals surface area contributed by atoms with Gasteiger partial charge in [0.15, 0.2) is 5.13 Å². The number of thiazole rings is 1. The van der Waals surface area contributed by atoms with Gasteiger partial charge in [0.05, 0.1) is 17.8 Å². The molecular formula is C26H35F3N4O2S. The molecule has 1 saturated heterocycles. The van der Waals surface area contributed by atoms with Crippen LogP contribution in [0.25, 0.3) is 0 Å². The van der Waals surface area contributed by atoms with Crippen molar-refractivity contribution in [3.8, 4) is 0 Å². The van der Waals surface area contributed by atoms with Gasteiger partial charge < -0.3 is 9.42 Å². The Morgan fingerprint density at radius 1 is 1.17 bits per heavy atom. The first-order valence-corrected chi connectivity index (χ1v) is 14.0. The molecular weight excluding hydrogens is 489 g/mol. The summed E-state index contributed by atoms with van der Waals surface area (Å²) in [6.45, 7) is 4.98. The van der Waals surface area contributed by atoms with Gasteiger partial charge in [-0.15, -0.1) is 11.3 Å². The summed E-state index contributed by atoms with van der Waals surface area (Å²) in [5.74, 6) is 2.04. The van der Waals surface area contributed by atoms with Gasteiger partial charge in [-0.3, -0.25) is 9.69 Å². The van der Waals surface area contributed by atoms with Gasteiger partial charge in [-0.2, -0.15) is 13.2 Å². The van der Waals surface area contributed by atoms with Gasteiger partial charge >= 0.3 is 6.18 Å². The SMILES string of the molecule is Cc1cc(CC(=O)CC2CCC(CCN3CCc4sc(N5CCC[C@H]5C(F)(F)F)nc4C3)CC2)on1. The molecule has 4 heterocycles. The second kappa shape index (κ2) is 10.8. The van der Waals surface area contributed by atoms with E-state index in [2.05, 4.69) is 15.0 Å². The smallest absolute Gasteiger partial charge is 0.361 e. The number of aromatic nitrogens is 2. The van der Waals surface area contributed by atoms with Gasteiger partial charge in [-0.1, -0.05) is 18.0 Å². The number of carbonyl (C=O) groups excluding carboxylic acids is 1. The number of aryl methyl sites for hydroxylation is 1. The molecule has 0 aromatic carbocycles. The zero-order valence-corrected chi connectivity index (χ0v) is 21.7. The number of hydrogen-bond acceptors (Lipinski definition) is 7. The maximum Gasteiger partial charge on any atom is 0.408 e. The Kier molecular flexibility index (Phi) is 7.72. The van der Waals surface area contributed by atoms with Gasteiger partial charge in [-0.05, 0) is 63.8 Å². The predicted octanol–water partition coefficient (Wildman–Crippen LogP) is 5.73. The molecule has 1 aliphatic carbocycles. The molecule has 2 aromatic rings. The van der Waals surface area contributed by atoms with Crippen molar-refractivity contribution in [1.29, 1.82) is 0 Å². The first-order valence-electron chi connectivity index (χ1n) is 13.2. The summed E-state index contributed by atoms with van der Waals surface area (Å²) in [4.78, 5) is 22.1. The van der Waals surface area contributed by atoms with E-state index in [1.807, 2.05) is 13.0 Å². The zero-order valence-electron chi connectivity index (χ0n) is 20.9. The number of hydrogen-bond donors (Lipinski definition) is 0. The lowest BCUT2D eigenvalue weighted by Gasteiger charge is -2.31. The van der Waals surface area contributed by atoms with E-state index in [9.17, 15) is 18.0 Å². The molecule has 0 spiro atoms. The lowest BCUT2D eigenvalue weighted by Crippen LogP contribution is -2.41. The zero-order chi connectivity index (χ0) is 25.3. The van der Waals surface area contributed by atoms with E-state index in [0.29, 0.717) is 48.5 Å². The Bertz CT molecular complexity index is 1040. The van der Waals surface area contributed by atoms with Crippen molar-refractivity contribution in [3.63, 3.8) is 0 Å². The number of carbonyl (C=O) groups is 1. The fourth-order valence-electron chi connectivity index (χ4n) is 6.07. The summed E-state index contributed by atoms with van der Waals surface area (Å²) in [7, 11) is 0. The number of nitrogens with zero attached hydrogens (tertiary/aromatic N) is 4. The third kappa shape index (κ3) is 6.13. The van der Waals surface area contributed by atoms with Crippen LogP contribution in [0, 0.1) is 18.8 Å². The molecule has 2 aliphatic heterocycles. The summed E-state index contributed by atoms with van der Waals surface area (Å²) in [6.07, 6.45) is 4.02. The molecule has 198 valence electrons. The maximum absolute atomic E-state index is 13.4. The van der Waals surface area contributed by atoms with Crippen molar-refractivity contribution in [2.45, 2.75) is 89.9 Å². The number of rotatable bonds is 8. The Balaban J connectivity index is 1.05. The second-order valence-electron chi connectivity index (χ2n) is 10.8. The van der Waals surface area contributed by atoms with Crippen LogP contribution in [-0.4, -0.2) is 52.7 Å². The van der Waals surface area contributed by atoms with Gasteiger partial charge in [-0.25, -0.2) is 4.98 Å². The number of ketones is 1. The van der Waals surface area contributed by atoms with Crippen molar-refractivity contribution in [1.82, 2.24) is 15.0 Å². The Hall–Kier alpha value is -1.94. The van der Waals surface area contributed by atoms with Crippen LogP contribution in [0.1, 0.15) is 73.4 Å². The molecule has 0 radical (unpaired) electrons. The summed E-state index contributed by atoms with van der Waals surface area (Å²) in [5, 5.41) is 4.40. The highest BCUT2D eigenvalue weighted by atomic mass is 32.1. The highest BCUT2D eigenvalue weighted by Gasteiger charge is 2.47. The van der Waals surface area contributed by atoms with E-state index >= 15 is 0 Å². The minimum Gasteiger partial charge on any atom is -0.361 e. The number of alkyl halides is 3. The molecule has 36 heavy (non-hydrogen) atoms. The fourth-order valence-corrected chi connectivity index (χ4v) is 7.20. The normalized spacial score (nSPS) is 25.3. The molecule has 3 aliphatic rings. The van der Waals surface area contributed by atoms with E-state index in [4.69, 9.17) is 4.52 Å². The van der Waals surface area contributed by atoms with E-state index in [1.54, 1.807) is 0 Å². The topological polar surface area (TPSA) is 62.5 Å². The second-order valence-corrected chi connectivity index (χ2v) is 11.9. The maximum atomic E-state index is 13.4. The Labute approximate surface area is 214 Å². The molecule has 0 amide bonds. The summed E-state index contributed by atoms with van der Waals surface area (Å²) < 4.78 is 45.4. The number of halogens is 3. The fraction of sp³-hybridized carbons (Fsp3) is 0.731. The number of fused-ring (bicyclic) bond motifs is 1. The molecule has 1 saturated carbocycles. The predicted molar refractivity (Wildman–Crippen MR) is 132 cm³/mol. The van der Waals surface area contributed by atoms with Crippen molar-refractivity contribution in [3.05, 3.63) is 28.1 Å². The Morgan fingerprint density at radius 3 is 2.67 bits per heavy atom. The van der Waals surface area contributed by atoms with Crippen LogP contribution in [0.4, 0.5) is 18.3 Å². The lowest BCUT2D eigenvalue weighted by atomic mass is 9.78. The highest BCUT2D eigenvalue weighted by Crippen LogP contribution is 2.40. The van der Waals surface area contributed by atoms with E-state index in [-0.39, 0.29) is 12.2 Å². The summed E-state index contributed by atoms with van der Waals surface area (Å²) in [5.41, 5.74) is 1.78. The van der Waals surface area contributed by atoms with Crippen molar-refractivity contribution in [2.75, 3.05) is 24.5 Å². The monoisotopic (exact) mass is 524 g/mol. The first kappa shape index (κ1) is 25.7. The minimum absolute atomic E-state index is 0.164. The minimum atomic E-state index is -4.20. The third-order valence-corrected chi connectivity index (χ3v) is 9.25. The molecule has 6 nitrogen and oxygen atoms in total. The molecule has 2 aromatic heterocycles. The van der Waals surface area contributed by atoms with Crippen LogP contribution in [0.2, 0.25) is 0 Å². The highest BCUT2D eigenvalue weighted by molar-refractivity contribution is 7.15. The van der Waals surface area contributed by atoms with E-state index < -0.39 is 12.2 Å². The molecule has 10 heteroatoms. The van der Waals surface area contributed by atoms with Crippen LogP contribution < -0.4 is 4.90 Å². The molecule has 0 unspecified atom stereocenters. The largest absolute Gasteiger partial charge is 0.408 e. The lowest BCUT2D eigenvalue weighted by molar-refractivity contribution is -0.146. The van der Waals surface area contributed by atoms with Crippen molar-refractivity contribution < 1.29 is 22.5 Å². The first-order chi connectivity index (χ1) is 17.2. The average Bonchev–Trinajstić information content (AvgIpc) is 3.57. The van der Waals surface area contributed by atoms with Crippen molar-refractivity contribution >= 4 is 22.3 Å². The average molecular weight is 525 g/mol. The van der Waals surface area contributed by atoms with Gasteiger partial charge in [0.1, 0.15) is 17.6 Å². The standard InChI is InChI=1S/C26H35F3N4O2S/c1-17-13-21(35-31-17)15-20(34)14-19-6-4-18(5-7-19)8-11-32-12-9-23-22(16-32)30-25(36-23)33-10-2-3-24(33)26(27,28)29/h13,18-19,24H,2-12,14-16H2,1H3/t18?,19?,24-/m0/s1. The van der Waals surface area contributed by atoms with Crippen LogP contribution in [0.5, 0.6) is 0 Å². The quantitative estimate of drug-likeness (QED) is 0.440. The summed E-state index contributed by atoms with van der Waals surface area (Å²) in [6, 6.07) is 0.439. The van der Waals surface area contributed by atoms with Gasteiger partial charge in [0.2, 0.25) is 0 Å². The van der Waals surface area contributed by atoms with Crippen LogP contribution in [0.15, 0.2) is 10.6 Å². The molecule has 2 fully saturated rings. The summed E-state index contributed by atoms with van der Waals surface area (Å²) >= 11 is 1.46.